The molecule has 134 valence electrons. The minimum Gasteiger partial charge on any atom is -0.273 e. The number of rotatable bonds is 4. The lowest BCUT2D eigenvalue weighted by Gasteiger charge is -2.11. The van der Waals surface area contributed by atoms with E-state index in [0.29, 0.717) is 22.8 Å². The predicted molar refractivity (Wildman–Crippen MR) is 95.6 cm³/mol. The first-order valence-electron chi connectivity index (χ1n) is 7.96. The molecule has 9 heteroatoms. The van der Waals surface area contributed by atoms with Crippen LogP contribution in [-0.4, -0.2) is 31.4 Å². The topological polar surface area (TPSA) is 101 Å². The molecule has 2 heterocycles. The number of amides is 2. The molecule has 3 aromatic rings. The van der Waals surface area contributed by atoms with Crippen LogP contribution >= 0.6 is 11.6 Å². The lowest BCUT2D eigenvalue weighted by atomic mass is 10.1. The summed E-state index contributed by atoms with van der Waals surface area (Å²) in [5.41, 5.74) is 7.83. The van der Waals surface area contributed by atoms with Gasteiger partial charge in [0.2, 0.25) is 5.91 Å². The predicted octanol–water partition coefficient (Wildman–Crippen LogP) is 1.79. The highest BCUT2D eigenvalue weighted by Crippen LogP contribution is 2.14. The lowest BCUT2D eigenvalue weighted by Crippen LogP contribution is -2.41. The molecule has 1 aromatic carbocycles. The third kappa shape index (κ3) is 3.80. The summed E-state index contributed by atoms with van der Waals surface area (Å²) >= 11 is 5.78. The van der Waals surface area contributed by atoms with Gasteiger partial charge in [0.05, 0.1) is 0 Å². The third-order valence-electron chi connectivity index (χ3n) is 4.01. The van der Waals surface area contributed by atoms with Crippen LogP contribution in [0.25, 0.3) is 5.78 Å². The molecule has 0 aliphatic carbocycles. The molecule has 2 amide bonds. The van der Waals surface area contributed by atoms with Gasteiger partial charge in [0.15, 0.2) is 0 Å². The van der Waals surface area contributed by atoms with Gasteiger partial charge in [-0.25, -0.2) is 9.50 Å². The maximum atomic E-state index is 12.0. The lowest BCUT2D eigenvalue weighted by molar-refractivity contribution is -0.121. The van der Waals surface area contributed by atoms with Crippen LogP contribution in [0.2, 0.25) is 5.02 Å². The SMILES string of the molecule is Cc1nc2ncnn2c(C)c1CCC(=O)NNC(=O)c1ccc(Cl)cc1. The van der Waals surface area contributed by atoms with Crippen molar-refractivity contribution in [1.82, 2.24) is 30.4 Å². The zero-order valence-electron chi connectivity index (χ0n) is 14.3. The molecule has 2 aromatic heterocycles. The van der Waals surface area contributed by atoms with Crippen molar-refractivity contribution in [2.45, 2.75) is 26.7 Å². The number of hydrazine groups is 1. The molecule has 0 unspecified atom stereocenters. The molecule has 0 aliphatic rings. The van der Waals surface area contributed by atoms with E-state index in [1.54, 1.807) is 28.8 Å². The van der Waals surface area contributed by atoms with Crippen LogP contribution in [0, 0.1) is 13.8 Å². The van der Waals surface area contributed by atoms with Crippen molar-refractivity contribution in [1.29, 1.82) is 0 Å². The van der Waals surface area contributed by atoms with E-state index in [-0.39, 0.29) is 12.3 Å². The minimum atomic E-state index is -0.409. The van der Waals surface area contributed by atoms with Gasteiger partial charge in [-0.2, -0.15) is 10.1 Å². The molecule has 0 radical (unpaired) electrons. The number of halogens is 1. The maximum Gasteiger partial charge on any atom is 0.269 e. The second kappa shape index (κ2) is 7.49. The molecule has 0 saturated carbocycles. The van der Waals surface area contributed by atoms with E-state index in [1.165, 1.54) is 6.33 Å². The number of hydrogen-bond acceptors (Lipinski definition) is 5. The van der Waals surface area contributed by atoms with Crippen molar-refractivity contribution in [2.75, 3.05) is 0 Å². The largest absolute Gasteiger partial charge is 0.273 e. The summed E-state index contributed by atoms with van der Waals surface area (Å²) in [4.78, 5) is 32.4. The van der Waals surface area contributed by atoms with Gasteiger partial charge < -0.3 is 0 Å². The van der Waals surface area contributed by atoms with Crippen molar-refractivity contribution in [3.05, 3.63) is 58.1 Å². The van der Waals surface area contributed by atoms with Gasteiger partial charge in [-0.05, 0) is 50.1 Å². The van der Waals surface area contributed by atoms with Crippen LogP contribution in [0.3, 0.4) is 0 Å². The van der Waals surface area contributed by atoms with Crippen molar-refractivity contribution < 1.29 is 9.59 Å². The number of carbonyl (C=O) groups is 2. The van der Waals surface area contributed by atoms with E-state index in [1.807, 2.05) is 13.8 Å². The zero-order valence-corrected chi connectivity index (χ0v) is 15.0. The van der Waals surface area contributed by atoms with Gasteiger partial charge in [0.25, 0.3) is 11.7 Å². The summed E-state index contributed by atoms with van der Waals surface area (Å²) in [6, 6.07) is 6.37. The normalized spacial score (nSPS) is 10.7. The van der Waals surface area contributed by atoms with E-state index >= 15 is 0 Å². The number of benzene rings is 1. The number of carbonyl (C=O) groups excluding carboxylic acids is 2. The summed E-state index contributed by atoms with van der Waals surface area (Å²) in [6.45, 7) is 3.78. The number of aromatic nitrogens is 4. The molecular formula is C17H17ClN6O2. The molecule has 0 saturated heterocycles. The average Bonchev–Trinajstić information content (AvgIpc) is 3.08. The molecule has 0 atom stereocenters. The van der Waals surface area contributed by atoms with E-state index in [9.17, 15) is 9.59 Å². The van der Waals surface area contributed by atoms with Crippen LogP contribution in [0.5, 0.6) is 0 Å². The second-order valence-corrected chi connectivity index (χ2v) is 6.18. The molecule has 26 heavy (non-hydrogen) atoms. The molecule has 2 N–H and O–H groups in total. The van der Waals surface area contributed by atoms with E-state index in [0.717, 1.165) is 17.0 Å². The molecule has 0 spiro atoms. The summed E-state index contributed by atoms with van der Waals surface area (Å²) in [5.74, 6) is -0.179. The summed E-state index contributed by atoms with van der Waals surface area (Å²) in [6.07, 6.45) is 2.12. The van der Waals surface area contributed by atoms with Crippen molar-refractivity contribution in [3.8, 4) is 0 Å². The zero-order chi connectivity index (χ0) is 18.7. The summed E-state index contributed by atoms with van der Waals surface area (Å²) < 4.78 is 1.64. The van der Waals surface area contributed by atoms with Crippen molar-refractivity contribution in [2.24, 2.45) is 0 Å². The Kier molecular flexibility index (Phi) is 5.13. The molecule has 0 aliphatic heterocycles. The Morgan fingerprint density at radius 1 is 1.15 bits per heavy atom. The summed E-state index contributed by atoms with van der Waals surface area (Å²) in [5, 5.41) is 4.66. The molecular weight excluding hydrogens is 356 g/mol. The fraction of sp³-hybridized carbons (Fsp3) is 0.235. The summed E-state index contributed by atoms with van der Waals surface area (Å²) in [7, 11) is 0. The second-order valence-electron chi connectivity index (χ2n) is 5.74. The Morgan fingerprint density at radius 2 is 1.88 bits per heavy atom. The Labute approximate surface area is 154 Å². The quantitative estimate of drug-likeness (QED) is 0.680. The maximum absolute atomic E-state index is 12.0. The monoisotopic (exact) mass is 372 g/mol. The van der Waals surface area contributed by atoms with Gasteiger partial charge in [-0.1, -0.05) is 11.6 Å². The van der Waals surface area contributed by atoms with E-state index in [2.05, 4.69) is 25.9 Å². The van der Waals surface area contributed by atoms with Gasteiger partial charge in [-0.3, -0.25) is 20.4 Å². The van der Waals surface area contributed by atoms with Crippen LogP contribution in [0.4, 0.5) is 0 Å². The Bertz CT molecular complexity index is 967. The number of aryl methyl sites for hydroxylation is 2. The average molecular weight is 373 g/mol. The number of nitrogens with one attached hydrogen (secondary N) is 2. The van der Waals surface area contributed by atoms with Crippen LogP contribution < -0.4 is 10.9 Å². The van der Waals surface area contributed by atoms with Gasteiger partial charge in [0.1, 0.15) is 6.33 Å². The first-order chi connectivity index (χ1) is 12.5. The molecule has 3 rings (SSSR count). The van der Waals surface area contributed by atoms with Crippen LogP contribution in [0.1, 0.15) is 33.7 Å². The smallest absolute Gasteiger partial charge is 0.269 e. The molecule has 8 nitrogen and oxygen atoms in total. The minimum absolute atomic E-state index is 0.199. The number of fused-ring (bicyclic) bond motifs is 1. The first kappa shape index (κ1) is 17.8. The van der Waals surface area contributed by atoms with Gasteiger partial charge in [-0.15, -0.1) is 0 Å². The Hall–Kier alpha value is -3.00. The van der Waals surface area contributed by atoms with E-state index < -0.39 is 5.91 Å². The Balaban J connectivity index is 1.57. The third-order valence-corrected chi connectivity index (χ3v) is 4.26. The van der Waals surface area contributed by atoms with Crippen molar-refractivity contribution in [3.63, 3.8) is 0 Å². The van der Waals surface area contributed by atoms with E-state index in [4.69, 9.17) is 11.6 Å². The fourth-order valence-electron chi connectivity index (χ4n) is 2.62. The van der Waals surface area contributed by atoms with Gasteiger partial charge in [0, 0.05) is 28.4 Å². The molecule has 0 fully saturated rings. The number of nitrogens with zero attached hydrogens (tertiary/aromatic N) is 4. The standard InChI is InChI=1S/C17H17ClN6O2/c1-10-14(11(2)24-17(21-10)19-9-20-24)7-8-15(25)22-23-16(26)12-3-5-13(18)6-4-12/h3-6,9H,7-8H2,1-2H3,(H,22,25)(H,23,26). The first-order valence-corrected chi connectivity index (χ1v) is 8.34. The highest BCUT2D eigenvalue weighted by molar-refractivity contribution is 6.30. The number of hydrogen-bond donors (Lipinski definition) is 2. The highest BCUT2D eigenvalue weighted by atomic mass is 35.5. The molecule has 0 bridgehead atoms. The van der Waals surface area contributed by atoms with Crippen molar-refractivity contribution >= 4 is 29.2 Å². The fourth-order valence-corrected chi connectivity index (χ4v) is 2.74. The van der Waals surface area contributed by atoms with Gasteiger partial charge >= 0.3 is 0 Å². The Morgan fingerprint density at radius 3 is 2.62 bits per heavy atom. The van der Waals surface area contributed by atoms with Crippen LogP contribution in [-0.2, 0) is 11.2 Å². The highest BCUT2D eigenvalue weighted by Gasteiger charge is 2.13. The van der Waals surface area contributed by atoms with Crippen LogP contribution in [0.15, 0.2) is 30.6 Å².